The van der Waals surface area contributed by atoms with E-state index >= 15 is 0 Å². The van der Waals surface area contributed by atoms with Crippen molar-refractivity contribution in [1.82, 2.24) is 19.8 Å². The summed E-state index contributed by atoms with van der Waals surface area (Å²) in [6, 6.07) is 7.97. The van der Waals surface area contributed by atoms with Crippen LogP contribution < -0.4 is 5.84 Å². The Bertz CT molecular complexity index is 732. The van der Waals surface area contributed by atoms with Crippen LogP contribution in [0.2, 0.25) is 0 Å². The third-order valence-electron chi connectivity index (χ3n) is 4.52. The molecular formula is C18H25N5OS. The molecule has 0 aliphatic carbocycles. The number of nitrogens with two attached hydrogens (primary N) is 1. The van der Waals surface area contributed by atoms with Crippen molar-refractivity contribution >= 4 is 17.7 Å². The van der Waals surface area contributed by atoms with Crippen LogP contribution in [0.1, 0.15) is 25.8 Å². The zero-order valence-corrected chi connectivity index (χ0v) is 15.8. The molecule has 0 radical (unpaired) electrons. The van der Waals surface area contributed by atoms with Crippen molar-refractivity contribution < 1.29 is 4.79 Å². The standard InChI is InChI=1S/C18H25N5OS/c1-12-4-6-15(7-5-12)17-20-21-18(23(17)19)25-11-16(24)22-9-13(2)8-14(3)10-22/h4-7,13-14H,8-11,19H2,1-3H3/t13-,14-/m0/s1. The maximum absolute atomic E-state index is 12.5. The molecule has 1 aromatic heterocycles. The lowest BCUT2D eigenvalue weighted by Crippen LogP contribution is -2.43. The minimum Gasteiger partial charge on any atom is -0.341 e. The first-order chi connectivity index (χ1) is 11.9. The van der Waals surface area contributed by atoms with E-state index in [2.05, 4.69) is 24.0 Å². The van der Waals surface area contributed by atoms with Gasteiger partial charge in [0, 0.05) is 18.7 Å². The Morgan fingerprint density at radius 1 is 1.20 bits per heavy atom. The van der Waals surface area contributed by atoms with Gasteiger partial charge < -0.3 is 10.7 Å². The average Bonchev–Trinajstić information content (AvgIpc) is 2.93. The Morgan fingerprint density at radius 3 is 2.48 bits per heavy atom. The maximum atomic E-state index is 12.5. The van der Waals surface area contributed by atoms with E-state index in [0.717, 1.165) is 18.7 Å². The number of nitrogen functional groups attached to an aromatic ring is 1. The molecule has 1 amide bonds. The molecule has 2 N–H and O–H groups in total. The maximum Gasteiger partial charge on any atom is 0.233 e. The normalized spacial score (nSPS) is 20.7. The summed E-state index contributed by atoms with van der Waals surface area (Å²) < 4.78 is 1.46. The van der Waals surface area contributed by atoms with Crippen molar-refractivity contribution in [3.8, 4) is 11.4 Å². The smallest absolute Gasteiger partial charge is 0.233 e. The second-order valence-corrected chi connectivity index (χ2v) is 8.02. The molecule has 25 heavy (non-hydrogen) atoms. The first-order valence-corrected chi connectivity index (χ1v) is 9.60. The van der Waals surface area contributed by atoms with Gasteiger partial charge in [0.2, 0.25) is 11.1 Å². The van der Waals surface area contributed by atoms with Crippen molar-refractivity contribution in [1.29, 1.82) is 0 Å². The number of thioether (sulfide) groups is 1. The van der Waals surface area contributed by atoms with E-state index in [1.54, 1.807) is 0 Å². The molecule has 7 heteroatoms. The van der Waals surface area contributed by atoms with E-state index < -0.39 is 0 Å². The highest BCUT2D eigenvalue weighted by molar-refractivity contribution is 7.99. The highest BCUT2D eigenvalue weighted by Gasteiger charge is 2.25. The summed E-state index contributed by atoms with van der Waals surface area (Å²) in [6.45, 7) is 8.12. The minimum absolute atomic E-state index is 0.142. The molecule has 0 bridgehead atoms. The molecule has 134 valence electrons. The first-order valence-electron chi connectivity index (χ1n) is 8.62. The minimum atomic E-state index is 0.142. The molecule has 3 rings (SSSR count). The van der Waals surface area contributed by atoms with Crippen LogP contribution in [-0.4, -0.2) is 44.5 Å². The second kappa shape index (κ2) is 7.47. The van der Waals surface area contributed by atoms with E-state index in [1.807, 2.05) is 36.1 Å². The molecule has 1 saturated heterocycles. The van der Waals surface area contributed by atoms with E-state index in [0.29, 0.717) is 28.6 Å². The van der Waals surface area contributed by atoms with E-state index in [-0.39, 0.29) is 5.91 Å². The van der Waals surface area contributed by atoms with Gasteiger partial charge in [-0.05, 0) is 25.2 Å². The van der Waals surface area contributed by atoms with E-state index in [4.69, 9.17) is 5.84 Å². The number of hydrogen-bond donors (Lipinski definition) is 1. The lowest BCUT2D eigenvalue weighted by Gasteiger charge is -2.34. The van der Waals surface area contributed by atoms with Gasteiger partial charge >= 0.3 is 0 Å². The van der Waals surface area contributed by atoms with E-state index in [9.17, 15) is 4.79 Å². The number of nitrogens with zero attached hydrogens (tertiary/aromatic N) is 4. The Hall–Kier alpha value is -2.02. The van der Waals surface area contributed by atoms with Crippen molar-refractivity contribution in [2.45, 2.75) is 32.3 Å². The van der Waals surface area contributed by atoms with Crippen molar-refractivity contribution in [2.24, 2.45) is 11.8 Å². The molecule has 2 atom stereocenters. The molecular weight excluding hydrogens is 334 g/mol. The molecule has 0 unspecified atom stereocenters. The Kier molecular flexibility index (Phi) is 5.32. The van der Waals surface area contributed by atoms with Crippen LogP contribution >= 0.6 is 11.8 Å². The highest BCUT2D eigenvalue weighted by atomic mass is 32.2. The van der Waals surface area contributed by atoms with Crippen LogP contribution in [0.15, 0.2) is 29.4 Å². The summed E-state index contributed by atoms with van der Waals surface area (Å²) in [5, 5.41) is 8.87. The molecule has 0 spiro atoms. The van der Waals surface area contributed by atoms with Crippen molar-refractivity contribution in [2.75, 3.05) is 24.7 Å². The molecule has 0 saturated carbocycles. The van der Waals surface area contributed by atoms with Gasteiger partial charge in [0.25, 0.3) is 0 Å². The number of aryl methyl sites for hydroxylation is 1. The number of likely N-dealkylation sites (tertiary alicyclic amines) is 1. The lowest BCUT2D eigenvalue weighted by molar-refractivity contribution is -0.130. The van der Waals surface area contributed by atoms with Crippen LogP contribution in [0.25, 0.3) is 11.4 Å². The number of aromatic nitrogens is 3. The van der Waals surface area contributed by atoms with Crippen LogP contribution in [0, 0.1) is 18.8 Å². The molecule has 1 fully saturated rings. The number of carbonyl (C=O) groups is 1. The van der Waals surface area contributed by atoms with Crippen LogP contribution in [0.4, 0.5) is 0 Å². The second-order valence-electron chi connectivity index (χ2n) is 7.08. The molecule has 6 nitrogen and oxygen atoms in total. The summed E-state index contributed by atoms with van der Waals surface area (Å²) in [4.78, 5) is 14.5. The number of amides is 1. The lowest BCUT2D eigenvalue weighted by atomic mass is 9.92. The topological polar surface area (TPSA) is 77.0 Å². The van der Waals surface area contributed by atoms with Crippen molar-refractivity contribution in [3.05, 3.63) is 29.8 Å². The summed E-state index contributed by atoms with van der Waals surface area (Å²) in [5.74, 6) is 8.33. The number of hydrogen-bond acceptors (Lipinski definition) is 5. The van der Waals surface area contributed by atoms with Gasteiger partial charge in [-0.25, -0.2) is 4.68 Å². The first kappa shape index (κ1) is 17.8. The van der Waals surface area contributed by atoms with Crippen LogP contribution in [-0.2, 0) is 4.79 Å². The fraction of sp³-hybridized carbons (Fsp3) is 0.500. The van der Waals surface area contributed by atoms with Crippen LogP contribution in [0.3, 0.4) is 0 Å². The predicted octanol–water partition coefficient (Wildman–Crippen LogP) is 2.56. The number of piperidine rings is 1. The van der Waals surface area contributed by atoms with Crippen LogP contribution in [0.5, 0.6) is 0 Å². The van der Waals surface area contributed by atoms with Gasteiger partial charge in [-0.15, -0.1) is 10.2 Å². The summed E-state index contributed by atoms with van der Waals surface area (Å²) in [6.07, 6.45) is 1.19. The third kappa shape index (κ3) is 4.15. The van der Waals surface area contributed by atoms with E-state index in [1.165, 1.54) is 28.4 Å². The zero-order chi connectivity index (χ0) is 18.0. The summed E-state index contributed by atoms with van der Waals surface area (Å²) in [5.41, 5.74) is 2.09. The molecule has 2 aromatic rings. The van der Waals surface area contributed by atoms with Crippen molar-refractivity contribution in [3.63, 3.8) is 0 Å². The Morgan fingerprint density at radius 2 is 1.84 bits per heavy atom. The van der Waals surface area contributed by atoms with Gasteiger partial charge in [0.1, 0.15) is 0 Å². The van der Waals surface area contributed by atoms with Gasteiger partial charge in [0.05, 0.1) is 5.75 Å². The molecule has 2 heterocycles. The van der Waals surface area contributed by atoms with Gasteiger partial charge in [-0.3, -0.25) is 4.79 Å². The quantitative estimate of drug-likeness (QED) is 0.671. The number of rotatable bonds is 4. The molecule has 1 aromatic carbocycles. The zero-order valence-electron chi connectivity index (χ0n) is 15.0. The predicted molar refractivity (Wildman–Crippen MR) is 101 cm³/mol. The average molecular weight is 359 g/mol. The summed E-state index contributed by atoms with van der Waals surface area (Å²) >= 11 is 1.34. The third-order valence-corrected chi connectivity index (χ3v) is 5.45. The Labute approximate surface area is 152 Å². The number of carbonyl (C=O) groups excluding carboxylic acids is 1. The van der Waals surface area contributed by atoms with Gasteiger partial charge in [0.15, 0.2) is 5.82 Å². The fourth-order valence-electron chi connectivity index (χ4n) is 3.36. The molecule has 1 aliphatic heterocycles. The Balaban J connectivity index is 1.64. The summed E-state index contributed by atoms with van der Waals surface area (Å²) in [7, 11) is 0. The fourth-order valence-corrected chi connectivity index (χ4v) is 4.12. The van der Waals surface area contributed by atoms with Gasteiger partial charge in [-0.1, -0.05) is 55.4 Å². The largest absolute Gasteiger partial charge is 0.341 e. The SMILES string of the molecule is Cc1ccc(-c2nnc(SCC(=O)N3C[C@@H](C)C[C@H](C)C3)n2N)cc1. The number of benzene rings is 1. The monoisotopic (exact) mass is 359 g/mol. The highest BCUT2D eigenvalue weighted by Crippen LogP contribution is 2.24. The molecule has 1 aliphatic rings. The van der Waals surface area contributed by atoms with Gasteiger partial charge in [-0.2, -0.15) is 0 Å².